The van der Waals surface area contributed by atoms with Gasteiger partial charge in [0.05, 0.1) is 11.1 Å². The molecule has 0 bridgehead atoms. The van der Waals surface area contributed by atoms with Crippen LogP contribution in [0.2, 0.25) is 0 Å². The van der Waals surface area contributed by atoms with E-state index in [9.17, 15) is 18.0 Å². The molecule has 0 saturated heterocycles. The highest BCUT2D eigenvalue weighted by atomic mass is 19.4. The highest BCUT2D eigenvalue weighted by molar-refractivity contribution is 5.98. The molecule has 4 nitrogen and oxygen atoms in total. The lowest BCUT2D eigenvalue weighted by Crippen LogP contribution is -2.33. The molecule has 0 aromatic heterocycles. The van der Waals surface area contributed by atoms with Crippen molar-refractivity contribution in [2.75, 3.05) is 12.8 Å². The van der Waals surface area contributed by atoms with Gasteiger partial charge in [0.15, 0.2) is 0 Å². The van der Waals surface area contributed by atoms with Gasteiger partial charge in [-0.1, -0.05) is 0 Å². The predicted octanol–water partition coefficient (Wildman–Crippen LogP) is 1.23. The van der Waals surface area contributed by atoms with Crippen molar-refractivity contribution >= 4 is 11.6 Å². The summed E-state index contributed by atoms with van der Waals surface area (Å²) >= 11 is 0. The average molecular weight is 233 g/mol. The number of hydrogen-bond acceptors (Lipinski definition) is 3. The maximum atomic E-state index is 12.4. The van der Waals surface area contributed by atoms with Crippen LogP contribution in [0.5, 0.6) is 0 Å². The molecular formula is C9H10F3N3O. The second kappa shape index (κ2) is 4.01. The van der Waals surface area contributed by atoms with Gasteiger partial charge < -0.3 is 5.73 Å². The second-order valence-corrected chi connectivity index (χ2v) is 3.22. The van der Waals surface area contributed by atoms with Crippen LogP contribution >= 0.6 is 0 Å². The Morgan fingerprint density at radius 1 is 1.38 bits per heavy atom. The molecule has 88 valence electrons. The molecule has 0 aliphatic heterocycles. The van der Waals surface area contributed by atoms with E-state index < -0.39 is 17.6 Å². The molecule has 0 heterocycles. The molecule has 0 spiro atoms. The number of hydrazine groups is 1. The largest absolute Gasteiger partial charge is 0.416 e. The number of carbonyl (C=O) groups excluding carboxylic acids is 1. The van der Waals surface area contributed by atoms with E-state index in [1.54, 1.807) is 0 Å². The standard InChI is InChI=1S/C9H10F3N3O/c1-15(14)8(16)6-4-5(9(10,11)12)2-3-7(6)13/h2-4H,13-14H2,1H3. The van der Waals surface area contributed by atoms with Gasteiger partial charge in [-0.3, -0.25) is 9.80 Å². The monoisotopic (exact) mass is 233 g/mol. The van der Waals surface area contributed by atoms with Crippen LogP contribution < -0.4 is 11.6 Å². The third-order valence-electron chi connectivity index (χ3n) is 1.93. The summed E-state index contributed by atoms with van der Waals surface area (Å²) < 4.78 is 37.1. The zero-order valence-corrected chi connectivity index (χ0v) is 8.38. The molecule has 1 amide bonds. The number of halogens is 3. The smallest absolute Gasteiger partial charge is 0.398 e. The Kier molecular flexibility index (Phi) is 3.09. The van der Waals surface area contributed by atoms with Crippen molar-refractivity contribution in [3.05, 3.63) is 29.3 Å². The number of nitrogens with zero attached hydrogens (tertiary/aromatic N) is 1. The molecule has 0 unspecified atom stereocenters. The van der Waals surface area contributed by atoms with Gasteiger partial charge in [-0.25, -0.2) is 5.84 Å². The van der Waals surface area contributed by atoms with Crippen LogP contribution in [-0.2, 0) is 6.18 Å². The normalized spacial score (nSPS) is 11.3. The summed E-state index contributed by atoms with van der Waals surface area (Å²) in [5.74, 6) is 4.37. The van der Waals surface area contributed by atoms with Gasteiger partial charge in [0.2, 0.25) is 0 Å². The van der Waals surface area contributed by atoms with Crippen LogP contribution in [0.25, 0.3) is 0 Å². The minimum atomic E-state index is -4.52. The number of rotatable bonds is 1. The first-order valence-electron chi connectivity index (χ1n) is 4.23. The van der Waals surface area contributed by atoms with Crippen LogP contribution in [-0.4, -0.2) is 18.0 Å². The van der Waals surface area contributed by atoms with Crippen LogP contribution in [0.4, 0.5) is 18.9 Å². The molecule has 4 N–H and O–H groups in total. The molecule has 16 heavy (non-hydrogen) atoms. The van der Waals surface area contributed by atoms with Crippen molar-refractivity contribution in [3.8, 4) is 0 Å². The number of nitrogens with two attached hydrogens (primary N) is 2. The van der Waals surface area contributed by atoms with Crippen LogP contribution in [0.3, 0.4) is 0 Å². The van der Waals surface area contributed by atoms with E-state index in [-0.39, 0.29) is 11.3 Å². The lowest BCUT2D eigenvalue weighted by atomic mass is 10.1. The Hall–Kier alpha value is -1.76. The highest BCUT2D eigenvalue weighted by Crippen LogP contribution is 2.31. The molecular weight excluding hydrogens is 223 g/mol. The Labute approximate surface area is 89.6 Å². The first-order valence-corrected chi connectivity index (χ1v) is 4.23. The summed E-state index contributed by atoms with van der Waals surface area (Å²) in [5.41, 5.74) is 4.15. The van der Waals surface area contributed by atoms with E-state index in [1.807, 2.05) is 0 Å². The molecule has 0 saturated carbocycles. The average Bonchev–Trinajstić information content (AvgIpc) is 2.15. The molecule has 1 rings (SSSR count). The van der Waals surface area contributed by atoms with Gasteiger partial charge in [-0.15, -0.1) is 0 Å². The van der Waals surface area contributed by atoms with Crippen molar-refractivity contribution in [1.82, 2.24) is 5.01 Å². The highest BCUT2D eigenvalue weighted by Gasteiger charge is 2.31. The van der Waals surface area contributed by atoms with E-state index in [2.05, 4.69) is 0 Å². The first kappa shape index (κ1) is 12.3. The molecule has 0 fully saturated rings. The zero-order valence-electron chi connectivity index (χ0n) is 8.38. The van der Waals surface area contributed by atoms with Crippen molar-refractivity contribution in [1.29, 1.82) is 0 Å². The van der Waals surface area contributed by atoms with Gasteiger partial charge >= 0.3 is 6.18 Å². The van der Waals surface area contributed by atoms with E-state index >= 15 is 0 Å². The third kappa shape index (κ3) is 2.43. The maximum Gasteiger partial charge on any atom is 0.416 e. The van der Waals surface area contributed by atoms with Crippen molar-refractivity contribution in [2.24, 2.45) is 5.84 Å². The van der Waals surface area contributed by atoms with E-state index in [4.69, 9.17) is 11.6 Å². The Morgan fingerprint density at radius 3 is 2.38 bits per heavy atom. The molecule has 0 aliphatic carbocycles. The van der Waals surface area contributed by atoms with E-state index in [0.717, 1.165) is 12.1 Å². The van der Waals surface area contributed by atoms with Crippen LogP contribution in [0.15, 0.2) is 18.2 Å². The fourth-order valence-electron chi connectivity index (χ4n) is 1.11. The van der Waals surface area contributed by atoms with Crippen LogP contribution in [0.1, 0.15) is 15.9 Å². The number of amides is 1. The van der Waals surface area contributed by atoms with Gasteiger partial charge in [0.1, 0.15) is 0 Å². The number of nitrogen functional groups attached to an aromatic ring is 1. The number of hydrogen-bond donors (Lipinski definition) is 2. The first-order chi connectivity index (χ1) is 7.23. The Morgan fingerprint density at radius 2 is 1.94 bits per heavy atom. The van der Waals surface area contributed by atoms with Gasteiger partial charge in [0.25, 0.3) is 5.91 Å². The van der Waals surface area contributed by atoms with E-state index in [0.29, 0.717) is 11.1 Å². The fourth-order valence-corrected chi connectivity index (χ4v) is 1.11. The SMILES string of the molecule is CN(N)C(=O)c1cc(C(F)(F)F)ccc1N. The summed E-state index contributed by atoms with van der Waals surface area (Å²) in [6.45, 7) is 0. The van der Waals surface area contributed by atoms with Crippen molar-refractivity contribution in [3.63, 3.8) is 0 Å². The van der Waals surface area contributed by atoms with Crippen molar-refractivity contribution in [2.45, 2.75) is 6.18 Å². The maximum absolute atomic E-state index is 12.4. The van der Waals surface area contributed by atoms with E-state index in [1.165, 1.54) is 7.05 Å². The summed E-state index contributed by atoms with van der Waals surface area (Å²) in [6.07, 6.45) is -4.52. The van der Waals surface area contributed by atoms with Crippen molar-refractivity contribution < 1.29 is 18.0 Å². The number of anilines is 1. The summed E-state index contributed by atoms with van der Waals surface area (Å²) in [7, 11) is 1.22. The molecule has 0 aliphatic rings. The predicted molar refractivity (Wildman–Crippen MR) is 52.1 cm³/mol. The summed E-state index contributed by atoms with van der Waals surface area (Å²) in [6, 6.07) is 2.52. The lowest BCUT2D eigenvalue weighted by molar-refractivity contribution is -0.137. The number of carbonyl (C=O) groups is 1. The van der Waals surface area contributed by atoms with Gasteiger partial charge in [-0.2, -0.15) is 13.2 Å². The number of alkyl halides is 3. The molecule has 7 heteroatoms. The summed E-state index contributed by atoms with van der Waals surface area (Å²) in [4.78, 5) is 11.4. The topological polar surface area (TPSA) is 72.3 Å². The minimum absolute atomic E-state index is 0.0460. The zero-order chi connectivity index (χ0) is 12.5. The van der Waals surface area contributed by atoms with Gasteiger partial charge in [0, 0.05) is 12.7 Å². The molecule has 0 atom stereocenters. The van der Waals surface area contributed by atoms with Crippen LogP contribution in [0, 0.1) is 0 Å². The molecule has 1 aromatic carbocycles. The molecule has 0 radical (unpaired) electrons. The second-order valence-electron chi connectivity index (χ2n) is 3.22. The fraction of sp³-hybridized carbons (Fsp3) is 0.222. The summed E-state index contributed by atoms with van der Waals surface area (Å²) in [5, 5.41) is 0.672. The number of benzene rings is 1. The third-order valence-corrected chi connectivity index (χ3v) is 1.93. The quantitative estimate of drug-likeness (QED) is 0.331. The molecule has 1 aromatic rings. The lowest BCUT2D eigenvalue weighted by Gasteiger charge is -2.14. The Balaban J connectivity index is 3.25. The Bertz CT molecular complexity index is 415. The minimum Gasteiger partial charge on any atom is -0.398 e. The van der Waals surface area contributed by atoms with Gasteiger partial charge in [-0.05, 0) is 18.2 Å².